The second kappa shape index (κ2) is 15.8. The van der Waals surface area contributed by atoms with Gasteiger partial charge in [-0.05, 0) is 81.0 Å². The Morgan fingerprint density at radius 1 is 0.975 bits per heavy atom. The molecule has 0 saturated carbocycles. The van der Waals surface area contributed by atoms with Gasteiger partial charge in [-0.15, -0.1) is 0 Å². The van der Waals surface area contributed by atoms with Gasteiger partial charge in [0.1, 0.15) is 17.3 Å². The van der Waals surface area contributed by atoms with Gasteiger partial charge in [-0.2, -0.15) is 0 Å². The fraction of sp³-hybridized carbons (Fsp3) is 0.559. The molecule has 218 valence electrons. The summed E-state index contributed by atoms with van der Waals surface area (Å²) >= 11 is 0. The van der Waals surface area contributed by atoms with E-state index in [1.165, 1.54) is 6.42 Å². The standard InChI is InChI=1S/C34H46O6/c1-4-6-31(36)34(3,32(37)17-21-35)20-16-25(2)33(38)29-10-8-27(9-11-29)28-12-14-30(15-13-28)40-24-19-26-7-5-22-39-23-18-26/h8-15,25-26,35H,4-7,16-24H2,1-3H3/t25?,26-,34-/m0/s1. The van der Waals surface area contributed by atoms with Gasteiger partial charge >= 0.3 is 0 Å². The minimum Gasteiger partial charge on any atom is -0.494 e. The molecule has 1 unspecified atom stereocenters. The van der Waals surface area contributed by atoms with Crippen LogP contribution in [0.5, 0.6) is 5.75 Å². The molecule has 40 heavy (non-hydrogen) atoms. The van der Waals surface area contributed by atoms with Crippen LogP contribution >= 0.6 is 0 Å². The number of benzene rings is 2. The average molecular weight is 551 g/mol. The van der Waals surface area contributed by atoms with Gasteiger partial charge in [-0.25, -0.2) is 0 Å². The maximum atomic E-state index is 13.1. The lowest BCUT2D eigenvalue weighted by atomic mass is 9.73. The number of ketones is 3. The van der Waals surface area contributed by atoms with Crippen LogP contribution < -0.4 is 4.74 Å². The normalized spacial score (nSPS) is 17.9. The van der Waals surface area contributed by atoms with Crippen LogP contribution in [-0.4, -0.2) is 48.9 Å². The van der Waals surface area contributed by atoms with Gasteiger partial charge in [-0.3, -0.25) is 14.4 Å². The van der Waals surface area contributed by atoms with Gasteiger partial charge in [0.2, 0.25) is 0 Å². The molecule has 1 fully saturated rings. The molecule has 0 bridgehead atoms. The molecule has 1 saturated heterocycles. The van der Waals surface area contributed by atoms with E-state index in [-0.39, 0.29) is 36.3 Å². The minimum atomic E-state index is -1.16. The van der Waals surface area contributed by atoms with E-state index in [9.17, 15) is 19.5 Å². The topological polar surface area (TPSA) is 89.9 Å². The maximum Gasteiger partial charge on any atom is 0.165 e. The molecule has 0 aliphatic carbocycles. The number of aliphatic hydroxyl groups excluding tert-OH is 1. The Hall–Kier alpha value is -2.83. The Kier molecular flexibility index (Phi) is 12.5. The van der Waals surface area contributed by atoms with Crippen molar-refractivity contribution in [2.24, 2.45) is 17.3 Å². The third kappa shape index (κ3) is 8.84. The molecule has 6 nitrogen and oxygen atoms in total. The highest BCUT2D eigenvalue weighted by Crippen LogP contribution is 2.32. The van der Waals surface area contributed by atoms with Crippen LogP contribution in [0.2, 0.25) is 0 Å². The number of carbonyl (C=O) groups is 3. The predicted octanol–water partition coefficient (Wildman–Crippen LogP) is 6.87. The number of ether oxygens (including phenoxy) is 2. The molecule has 1 N–H and O–H groups in total. The highest BCUT2D eigenvalue weighted by atomic mass is 16.5. The second-order valence-corrected chi connectivity index (χ2v) is 11.4. The lowest BCUT2D eigenvalue weighted by molar-refractivity contribution is -0.140. The zero-order valence-electron chi connectivity index (χ0n) is 24.5. The van der Waals surface area contributed by atoms with Gasteiger partial charge in [0, 0.05) is 44.1 Å². The zero-order chi connectivity index (χ0) is 29.0. The highest BCUT2D eigenvalue weighted by Gasteiger charge is 2.39. The fourth-order valence-corrected chi connectivity index (χ4v) is 5.41. The summed E-state index contributed by atoms with van der Waals surface area (Å²) in [7, 11) is 0. The number of aliphatic hydroxyl groups is 1. The number of carbonyl (C=O) groups excluding carboxylic acids is 3. The Morgan fingerprint density at radius 3 is 2.27 bits per heavy atom. The van der Waals surface area contributed by atoms with E-state index in [2.05, 4.69) is 0 Å². The Labute approximate surface area is 239 Å². The molecule has 0 radical (unpaired) electrons. The molecule has 0 aromatic heterocycles. The molecule has 0 amide bonds. The molecular formula is C34H46O6. The third-order valence-corrected chi connectivity index (χ3v) is 8.30. The summed E-state index contributed by atoms with van der Waals surface area (Å²) in [6.45, 7) is 7.58. The summed E-state index contributed by atoms with van der Waals surface area (Å²) in [5, 5.41) is 9.24. The van der Waals surface area contributed by atoms with E-state index in [0.29, 0.717) is 43.8 Å². The van der Waals surface area contributed by atoms with Crippen molar-refractivity contribution >= 4 is 17.3 Å². The zero-order valence-corrected chi connectivity index (χ0v) is 24.5. The van der Waals surface area contributed by atoms with Gasteiger partial charge in [0.05, 0.1) is 12.0 Å². The molecule has 1 heterocycles. The van der Waals surface area contributed by atoms with E-state index in [1.54, 1.807) is 6.92 Å². The molecule has 3 rings (SSSR count). The first-order chi connectivity index (χ1) is 19.3. The van der Waals surface area contributed by atoms with Crippen molar-refractivity contribution in [3.05, 3.63) is 54.1 Å². The Balaban J connectivity index is 1.54. The summed E-state index contributed by atoms with van der Waals surface area (Å²) < 4.78 is 11.5. The summed E-state index contributed by atoms with van der Waals surface area (Å²) in [4.78, 5) is 38.6. The molecule has 1 aliphatic heterocycles. The highest BCUT2D eigenvalue weighted by molar-refractivity contribution is 6.06. The first-order valence-corrected chi connectivity index (χ1v) is 14.9. The van der Waals surface area contributed by atoms with Crippen molar-refractivity contribution in [1.29, 1.82) is 0 Å². The van der Waals surface area contributed by atoms with Crippen LogP contribution in [0.25, 0.3) is 11.1 Å². The lowest BCUT2D eigenvalue weighted by Crippen LogP contribution is -2.37. The number of hydrogen-bond donors (Lipinski definition) is 1. The number of Topliss-reactive ketones (excluding diaryl/α,β-unsaturated/α-hetero) is 3. The van der Waals surface area contributed by atoms with Crippen LogP contribution in [-0.2, 0) is 14.3 Å². The van der Waals surface area contributed by atoms with Crippen molar-refractivity contribution in [3.8, 4) is 16.9 Å². The first-order valence-electron chi connectivity index (χ1n) is 14.9. The van der Waals surface area contributed by atoms with Crippen molar-refractivity contribution in [1.82, 2.24) is 0 Å². The van der Waals surface area contributed by atoms with Crippen LogP contribution in [0.3, 0.4) is 0 Å². The van der Waals surface area contributed by atoms with Crippen LogP contribution in [0.15, 0.2) is 48.5 Å². The van der Waals surface area contributed by atoms with Gasteiger partial charge in [-0.1, -0.05) is 50.2 Å². The van der Waals surface area contributed by atoms with Crippen molar-refractivity contribution in [3.63, 3.8) is 0 Å². The van der Waals surface area contributed by atoms with Crippen molar-refractivity contribution in [2.45, 2.75) is 78.6 Å². The van der Waals surface area contributed by atoms with E-state index in [4.69, 9.17) is 9.47 Å². The lowest BCUT2D eigenvalue weighted by Gasteiger charge is -2.27. The molecule has 6 heteroatoms. The fourth-order valence-electron chi connectivity index (χ4n) is 5.41. The van der Waals surface area contributed by atoms with E-state index < -0.39 is 5.41 Å². The first kappa shape index (κ1) is 31.7. The second-order valence-electron chi connectivity index (χ2n) is 11.4. The molecule has 3 atom stereocenters. The summed E-state index contributed by atoms with van der Waals surface area (Å²) in [6.07, 6.45) is 6.18. The third-order valence-electron chi connectivity index (χ3n) is 8.30. The van der Waals surface area contributed by atoms with Crippen molar-refractivity contribution in [2.75, 3.05) is 26.4 Å². The molecule has 2 aromatic rings. The minimum absolute atomic E-state index is 0.00423. The predicted molar refractivity (Wildman–Crippen MR) is 158 cm³/mol. The van der Waals surface area contributed by atoms with Gasteiger partial charge in [0.25, 0.3) is 0 Å². The smallest absolute Gasteiger partial charge is 0.165 e. The molecule has 2 aromatic carbocycles. The summed E-state index contributed by atoms with van der Waals surface area (Å²) in [6, 6.07) is 15.6. The van der Waals surface area contributed by atoms with E-state index in [0.717, 1.165) is 49.4 Å². The summed E-state index contributed by atoms with van der Waals surface area (Å²) in [5.74, 6) is 0.842. The molecule has 0 spiro atoms. The van der Waals surface area contributed by atoms with Gasteiger partial charge < -0.3 is 14.6 Å². The number of hydrogen-bond acceptors (Lipinski definition) is 6. The maximum absolute atomic E-state index is 13.1. The van der Waals surface area contributed by atoms with E-state index >= 15 is 0 Å². The van der Waals surface area contributed by atoms with Crippen molar-refractivity contribution < 1.29 is 29.0 Å². The van der Waals surface area contributed by atoms with Crippen LogP contribution in [0.4, 0.5) is 0 Å². The van der Waals surface area contributed by atoms with Crippen LogP contribution in [0.1, 0.15) is 88.9 Å². The monoisotopic (exact) mass is 550 g/mol. The Bertz CT molecular complexity index is 1060. The summed E-state index contributed by atoms with van der Waals surface area (Å²) in [5.41, 5.74) is 1.52. The average Bonchev–Trinajstić information content (AvgIpc) is 3.25. The SMILES string of the molecule is CCCC(=O)[C@](C)(CCC(C)C(=O)c1ccc(-c2ccc(OCC[C@H]3CCCOCC3)cc2)cc1)C(=O)CCO. The van der Waals surface area contributed by atoms with Crippen LogP contribution in [0, 0.1) is 17.3 Å². The van der Waals surface area contributed by atoms with Gasteiger partial charge in [0.15, 0.2) is 5.78 Å². The Morgan fingerprint density at radius 2 is 1.62 bits per heavy atom. The number of rotatable bonds is 16. The largest absolute Gasteiger partial charge is 0.494 e. The molecule has 1 aliphatic rings. The quantitative estimate of drug-likeness (QED) is 0.181. The molecular weight excluding hydrogens is 504 g/mol. The van der Waals surface area contributed by atoms with E-state index in [1.807, 2.05) is 62.4 Å².